The molecule has 1 nitrogen and oxygen atoms in total. The number of ether oxygens (including phenoxy) is 1. The van der Waals surface area contributed by atoms with E-state index in [4.69, 9.17) is 4.74 Å². The molecule has 1 heteroatoms. The fraction of sp³-hybridized carbons (Fsp3) is 0.0400. The maximum Gasteiger partial charge on any atom is 0.132 e. The maximum atomic E-state index is 6.96. The van der Waals surface area contributed by atoms with Crippen LogP contribution < -0.4 is 4.74 Å². The van der Waals surface area contributed by atoms with Gasteiger partial charge in [-0.1, -0.05) is 182 Å². The van der Waals surface area contributed by atoms with E-state index < -0.39 is 10.8 Å². The minimum Gasteiger partial charge on any atom is -0.457 e. The first-order chi connectivity index (χ1) is 25.3. The largest absolute Gasteiger partial charge is 0.457 e. The van der Waals surface area contributed by atoms with Crippen LogP contribution >= 0.6 is 0 Å². The second kappa shape index (κ2) is 10.5. The van der Waals surface area contributed by atoms with Crippen LogP contribution in [0.1, 0.15) is 44.5 Å². The van der Waals surface area contributed by atoms with Crippen LogP contribution in [0, 0.1) is 0 Å². The summed E-state index contributed by atoms with van der Waals surface area (Å²) in [6.07, 6.45) is 0. The summed E-state index contributed by atoms with van der Waals surface area (Å²) in [4.78, 5) is 0. The monoisotopic (exact) mass is 648 g/mol. The third-order valence-electron chi connectivity index (χ3n) is 11.6. The Balaban J connectivity index is 1.31. The van der Waals surface area contributed by atoms with Crippen molar-refractivity contribution in [1.82, 2.24) is 0 Å². The van der Waals surface area contributed by atoms with E-state index in [1.54, 1.807) is 0 Å². The lowest BCUT2D eigenvalue weighted by molar-refractivity contribution is 0.437. The van der Waals surface area contributed by atoms with Gasteiger partial charge in [0.2, 0.25) is 0 Å². The molecule has 1 spiro atoms. The molecule has 0 saturated heterocycles. The number of hydrogen-bond acceptors (Lipinski definition) is 1. The molecule has 0 fully saturated rings. The SMILES string of the molecule is c1ccc(C2(c3ccccc3)c3ccccc3-c3cccc(-c4cccc5c4C4(c6ccccc6O5)c5ccccc5-c5ccccc54)c32)cc1. The van der Waals surface area contributed by atoms with Crippen molar-refractivity contribution in [2.45, 2.75) is 10.8 Å². The number of fused-ring (bicyclic) bond motifs is 12. The van der Waals surface area contributed by atoms with E-state index in [1.807, 2.05) is 0 Å². The zero-order chi connectivity index (χ0) is 33.6. The lowest BCUT2D eigenvalue weighted by Crippen LogP contribution is -2.33. The molecule has 0 radical (unpaired) electrons. The predicted molar refractivity (Wildman–Crippen MR) is 207 cm³/mol. The number of hydrogen-bond donors (Lipinski definition) is 0. The second-order valence-corrected chi connectivity index (χ2v) is 13.9. The van der Waals surface area contributed by atoms with Crippen molar-refractivity contribution in [2.24, 2.45) is 0 Å². The molecule has 8 aromatic carbocycles. The van der Waals surface area contributed by atoms with E-state index in [0.29, 0.717) is 0 Å². The van der Waals surface area contributed by atoms with E-state index in [0.717, 1.165) is 11.5 Å². The van der Waals surface area contributed by atoms with Gasteiger partial charge < -0.3 is 4.74 Å². The molecule has 2 aliphatic carbocycles. The molecule has 238 valence electrons. The van der Waals surface area contributed by atoms with Crippen molar-refractivity contribution in [2.75, 3.05) is 0 Å². The Morgan fingerprint density at radius 1 is 0.255 bits per heavy atom. The predicted octanol–water partition coefficient (Wildman–Crippen LogP) is 12.2. The molecule has 0 amide bonds. The van der Waals surface area contributed by atoms with Crippen LogP contribution in [0.15, 0.2) is 194 Å². The van der Waals surface area contributed by atoms with Gasteiger partial charge in [-0.15, -0.1) is 0 Å². The Morgan fingerprint density at radius 3 is 1.22 bits per heavy atom. The zero-order valence-corrected chi connectivity index (χ0v) is 27.9. The molecule has 0 saturated carbocycles. The fourth-order valence-electron chi connectivity index (χ4n) is 9.87. The standard InChI is InChI=1S/C50H32O/c1-3-17-33(18-4-1)49(34-19-5-2-6-20-34)41-27-10-9-23-37(41)38-24-15-25-39(47(38)49)40-26-16-32-46-48(40)50(44-30-13-14-31-45(44)51-46)42-28-11-7-21-35(42)36-22-8-12-29-43(36)50/h1-32H. The quantitative estimate of drug-likeness (QED) is 0.185. The van der Waals surface area contributed by atoms with Crippen molar-refractivity contribution in [1.29, 1.82) is 0 Å². The molecule has 51 heavy (non-hydrogen) atoms. The first kappa shape index (κ1) is 28.4. The second-order valence-electron chi connectivity index (χ2n) is 13.9. The lowest BCUT2D eigenvalue weighted by Gasteiger charge is -2.41. The first-order valence-corrected chi connectivity index (χ1v) is 17.8. The Morgan fingerprint density at radius 2 is 0.627 bits per heavy atom. The fourth-order valence-corrected chi connectivity index (χ4v) is 9.87. The van der Waals surface area contributed by atoms with Gasteiger partial charge in [-0.2, -0.15) is 0 Å². The Labute approximate surface area is 298 Å². The van der Waals surface area contributed by atoms with Crippen LogP contribution in [0.4, 0.5) is 0 Å². The van der Waals surface area contributed by atoms with Gasteiger partial charge in [0, 0.05) is 11.1 Å². The van der Waals surface area contributed by atoms with Crippen LogP contribution in [-0.2, 0) is 10.8 Å². The van der Waals surface area contributed by atoms with Crippen LogP contribution in [0.3, 0.4) is 0 Å². The summed E-state index contributed by atoms with van der Waals surface area (Å²) in [5.74, 6) is 1.80. The Hall–Kier alpha value is -6.44. The average Bonchev–Trinajstić information content (AvgIpc) is 3.67. The van der Waals surface area contributed by atoms with Crippen LogP contribution in [0.5, 0.6) is 11.5 Å². The van der Waals surface area contributed by atoms with E-state index in [-0.39, 0.29) is 0 Å². The van der Waals surface area contributed by atoms with Crippen molar-refractivity contribution in [3.8, 4) is 44.9 Å². The molecule has 0 atom stereocenters. The summed E-state index contributed by atoms with van der Waals surface area (Å²) in [6, 6.07) is 71.4. The highest BCUT2D eigenvalue weighted by Gasteiger charge is 2.53. The van der Waals surface area contributed by atoms with Gasteiger partial charge in [-0.3, -0.25) is 0 Å². The summed E-state index contributed by atoms with van der Waals surface area (Å²) >= 11 is 0. The van der Waals surface area contributed by atoms with Gasteiger partial charge in [-0.05, 0) is 78.9 Å². The summed E-state index contributed by atoms with van der Waals surface area (Å²) < 4.78 is 6.96. The zero-order valence-electron chi connectivity index (χ0n) is 27.9. The third kappa shape index (κ3) is 3.55. The van der Waals surface area contributed by atoms with Gasteiger partial charge in [0.15, 0.2) is 0 Å². The molecule has 0 N–H and O–H groups in total. The minimum absolute atomic E-state index is 0.542. The molecular formula is C50H32O. The van der Waals surface area contributed by atoms with E-state index in [2.05, 4.69) is 194 Å². The molecular weight excluding hydrogens is 617 g/mol. The first-order valence-electron chi connectivity index (χ1n) is 17.8. The van der Waals surface area contributed by atoms with Gasteiger partial charge in [0.1, 0.15) is 11.5 Å². The van der Waals surface area contributed by atoms with Gasteiger partial charge >= 0.3 is 0 Å². The third-order valence-corrected chi connectivity index (χ3v) is 11.6. The number of benzene rings is 8. The Bertz CT molecular complexity index is 2580. The van der Waals surface area contributed by atoms with Crippen LogP contribution in [-0.4, -0.2) is 0 Å². The van der Waals surface area contributed by atoms with Gasteiger partial charge in [0.25, 0.3) is 0 Å². The number of para-hydroxylation sites is 1. The molecule has 1 heterocycles. The minimum atomic E-state index is -0.579. The van der Waals surface area contributed by atoms with Crippen LogP contribution in [0.2, 0.25) is 0 Å². The smallest absolute Gasteiger partial charge is 0.132 e. The summed E-state index contributed by atoms with van der Waals surface area (Å²) in [5.41, 5.74) is 16.5. The van der Waals surface area contributed by atoms with Crippen LogP contribution in [0.25, 0.3) is 33.4 Å². The maximum absolute atomic E-state index is 6.96. The highest BCUT2D eigenvalue weighted by atomic mass is 16.5. The van der Waals surface area contributed by atoms with Gasteiger partial charge in [-0.25, -0.2) is 0 Å². The summed E-state index contributed by atoms with van der Waals surface area (Å²) in [6.45, 7) is 0. The molecule has 1 aliphatic heterocycles. The normalized spacial score (nSPS) is 14.7. The van der Waals surface area contributed by atoms with Crippen molar-refractivity contribution >= 4 is 0 Å². The highest BCUT2D eigenvalue weighted by Crippen LogP contribution is 2.65. The van der Waals surface area contributed by atoms with E-state index in [9.17, 15) is 0 Å². The van der Waals surface area contributed by atoms with Crippen molar-refractivity contribution in [3.63, 3.8) is 0 Å². The van der Waals surface area contributed by atoms with E-state index >= 15 is 0 Å². The topological polar surface area (TPSA) is 9.23 Å². The molecule has 8 aromatic rings. The van der Waals surface area contributed by atoms with E-state index in [1.165, 1.54) is 77.9 Å². The van der Waals surface area contributed by atoms with Gasteiger partial charge in [0.05, 0.1) is 10.8 Å². The lowest BCUT2D eigenvalue weighted by atomic mass is 9.62. The number of rotatable bonds is 3. The molecule has 0 unspecified atom stereocenters. The molecule has 0 aromatic heterocycles. The highest BCUT2D eigenvalue weighted by molar-refractivity contribution is 5.96. The summed E-state index contributed by atoms with van der Waals surface area (Å²) in [5, 5.41) is 0. The van der Waals surface area contributed by atoms with Crippen molar-refractivity contribution in [3.05, 3.63) is 239 Å². The van der Waals surface area contributed by atoms with Crippen molar-refractivity contribution < 1.29 is 4.74 Å². The summed E-state index contributed by atoms with van der Waals surface area (Å²) in [7, 11) is 0. The molecule has 0 bridgehead atoms. The molecule has 3 aliphatic rings. The molecule has 11 rings (SSSR count). The Kier molecular flexibility index (Phi) is 5.86. The average molecular weight is 649 g/mol.